The van der Waals surface area contributed by atoms with Crippen LogP contribution in [0.3, 0.4) is 0 Å². The minimum Gasteiger partial charge on any atom is -0.379 e. The monoisotopic (exact) mass is 239 g/mol. The minimum atomic E-state index is -3.10. The summed E-state index contributed by atoms with van der Waals surface area (Å²) in [6, 6.07) is 6.94. The zero-order valence-electron chi connectivity index (χ0n) is 9.60. The first-order valence-electron chi connectivity index (χ1n) is 5.21. The number of nitrogens with one attached hydrogen (secondary N) is 1. The standard InChI is InChI=1S/C12H17NO2S/c1-4-10(3)13-11-6-8-12(9-7-11)16(14,15)5-2/h4,6-10,13H,1,5H2,2-3H3. The van der Waals surface area contributed by atoms with Crippen LogP contribution in [-0.2, 0) is 9.84 Å². The molecule has 0 saturated carbocycles. The van der Waals surface area contributed by atoms with Gasteiger partial charge in [0.2, 0.25) is 0 Å². The Morgan fingerprint density at radius 2 is 1.94 bits per heavy atom. The molecule has 0 aliphatic rings. The second kappa shape index (κ2) is 5.16. The lowest BCUT2D eigenvalue weighted by atomic mass is 10.2. The fourth-order valence-electron chi connectivity index (χ4n) is 1.25. The van der Waals surface area contributed by atoms with E-state index in [1.165, 1.54) is 0 Å². The number of hydrogen-bond acceptors (Lipinski definition) is 3. The van der Waals surface area contributed by atoms with Crippen molar-refractivity contribution in [3.63, 3.8) is 0 Å². The largest absolute Gasteiger partial charge is 0.379 e. The van der Waals surface area contributed by atoms with Gasteiger partial charge >= 0.3 is 0 Å². The van der Waals surface area contributed by atoms with Gasteiger partial charge in [0.05, 0.1) is 10.6 Å². The molecule has 1 atom stereocenters. The average molecular weight is 239 g/mol. The molecular weight excluding hydrogens is 222 g/mol. The summed E-state index contributed by atoms with van der Waals surface area (Å²) < 4.78 is 23.1. The highest BCUT2D eigenvalue weighted by molar-refractivity contribution is 7.91. The number of benzene rings is 1. The molecule has 0 aliphatic carbocycles. The summed E-state index contributed by atoms with van der Waals surface area (Å²) in [5.74, 6) is 0.128. The van der Waals surface area contributed by atoms with Crippen LogP contribution >= 0.6 is 0 Å². The molecule has 0 saturated heterocycles. The van der Waals surface area contributed by atoms with Gasteiger partial charge in [-0.2, -0.15) is 0 Å². The van der Waals surface area contributed by atoms with E-state index < -0.39 is 9.84 Å². The summed E-state index contributed by atoms with van der Waals surface area (Å²) in [4.78, 5) is 0.367. The number of hydrogen-bond donors (Lipinski definition) is 1. The van der Waals surface area contributed by atoms with Gasteiger partial charge in [0, 0.05) is 11.7 Å². The second-order valence-corrected chi connectivity index (χ2v) is 5.87. The lowest BCUT2D eigenvalue weighted by Crippen LogP contribution is -2.11. The van der Waals surface area contributed by atoms with Crippen LogP contribution < -0.4 is 5.32 Å². The van der Waals surface area contributed by atoms with Crippen LogP contribution in [0, 0.1) is 0 Å². The summed E-state index contributed by atoms with van der Waals surface area (Å²) in [7, 11) is -3.10. The molecule has 1 aromatic carbocycles. The molecule has 0 heterocycles. The molecule has 88 valence electrons. The third kappa shape index (κ3) is 3.10. The maximum Gasteiger partial charge on any atom is 0.178 e. The Hall–Kier alpha value is -1.29. The zero-order valence-corrected chi connectivity index (χ0v) is 10.4. The highest BCUT2D eigenvalue weighted by atomic mass is 32.2. The molecular formula is C12H17NO2S. The third-order valence-corrected chi connectivity index (χ3v) is 4.09. The zero-order chi connectivity index (χ0) is 12.2. The lowest BCUT2D eigenvalue weighted by molar-refractivity contribution is 0.597. The third-order valence-electron chi connectivity index (χ3n) is 2.34. The fourth-order valence-corrected chi connectivity index (χ4v) is 2.13. The molecule has 0 aromatic heterocycles. The Morgan fingerprint density at radius 1 is 1.38 bits per heavy atom. The van der Waals surface area contributed by atoms with Crippen molar-refractivity contribution in [2.45, 2.75) is 24.8 Å². The van der Waals surface area contributed by atoms with E-state index in [1.54, 1.807) is 37.3 Å². The Morgan fingerprint density at radius 3 is 2.38 bits per heavy atom. The number of rotatable bonds is 5. The Bertz CT molecular complexity index is 448. The van der Waals surface area contributed by atoms with E-state index in [0.29, 0.717) is 4.90 Å². The number of anilines is 1. The van der Waals surface area contributed by atoms with Crippen LogP contribution in [0.1, 0.15) is 13.8 Å². The van der Waals surface area contributed by atoms with E-state index in [-0.39, 0.29) is 11.8 Å². The molecule has 1 rings (SSSR count). The highest BCUT2D eigenvalue weighted by Crippen LogP contribution is 2.15. The van der Waals surface area contributed by atoms with Crippen molar-refractivity contribution < 1.29 is 8.42 Å². The Kier molecular flexibility index (Phi) is 4.12. The van der Waals surface area contributed by atoms with Crippen molar-refractivity contribution in [1.29, 1.82) is 0 Å². The molecule has 0 aliphatic heterocycles. The Labute approximate surface area is 97.1 Å². The van der Waals surface area contributed by atoms with Crippen molar-refractivity contribution >= 4 is 15.5 Å². The molecule has 1 unspecified atom stereocenters. The van der Waals surface area contributed by atoms with Crippen LogP contribution in [0.15, 0.2) is 41.8 Å². The topological polar surface area (TPSA) is 46.2 Å². The molecule has 4 heteroatoms. The van der Waals surface area contributed by atoms with E-state index in [4.69, 9.17) is 0 Å². The van der Waals surface area contributed by atoms with E-state index in [2.05, 4.69) is 11.9 Å². The van der Waals surface area contributed by atoms with Crippen LogP contribution in [-0.4, -0.2) is 20.2 Å². The molecule has 0 radical (unpaired) electrons. The van der Waals surface area contributed by atoms with Gasteiger partial charge in [0.1, 0.15) is 0 Å². The summed E-state index contributed by atoms with van der Waals surface area (Å²) in [6.45, 7) is 7.28. The number of sulfone groups is 1. The van der Waals surface area contributed by atoms with Crippen LogP contribution in [0.5, 0.6) is 0 Å². The van der Waals surface area contributed by atoms with E-state index >= 15 is 0 Å². The van der Waals surface area contributed by atoms with Crippen molar-refractivity contribution in [3.05, 3.63) is 36.9 Å². The van der Waals surface area contributed by atoms with Gasteiger partial charge < -0.3 is 5.32 Å². The molecule has 0 bridgehead atoms. The van der Waals surface area contributed by atoms with E-state index in [0.717, 1.165) is 5.69 Å². The van der Waals surface area contributed by atoms with Gasteiger partial charge in [-0.05, 0) is 31.2 Å². The maximum atomic E-state index is 11.6. The van der Waals surface area contributed by atoms with Crippen LogP contribution in [0.25, 0.3) is 0 Å². The van der Waals surface area contributed by atoms with E-state index in [1.807, 2.05) is 6.92 Å². The van der Waals surface area contributed by atoms with Gasteiger partial charge in [0.15, 0.2) is 9.84 Å². The van der Waals surface area contributed by atoms with Crippen molar-refractivity contribution in [2.75, 3.05) is 11.1 Å². The SMILES string of the molecule is C=CC(C)Nc1ccc(S(=O)(=O)CC)cc1. The molecule has 3 nitrogen and oxygen atoms in total. The van der Waals surface area contributed by atoms with Gasteiger partial charge in [-0.15, -0.1) is 6.58 Å². The van der Waals surface area contributed by atoms with Crippen LogP contribution in [0.2, 0.25) is 0 Å². The minimum absolute atomic E-state index is 0.128. The first-order valence-corrected chi connectivity index (χ1v) is 6.86. The van der Waals surface area contributed by atoms with Gasteiger partial charge in [-0.25, -0.2) is 8.42 Å². The molecule has 16 heavy (non-hydrogen) atoms. The lowest BCUT2D eigenvalue weighted by Gasteiger charge is -2.11. The van der Waals surface area contributed by atoms with Crippen molar-refractivity contribution in [2.24, 2.45) is 0 Å². The predicted molar refractivity (Wildman–Crippen MR) is 67.5 cm³/mol. The molecule has 1 aromatic rings. The Balaban J connectivity index is 2.88. The van der Waals surface area contributed by atoms with Gasteiger partial charge in [-0.3, -0.25) is 0 Å². The summed E-state index contributed by atoms with van der Waals surface area (Å²) in [5, 5.41) is 3.18. The molecule has 0 spiro atoms. The molecule has 1 N–H and O–H groups in total. The fraction of sp³-hybridized carbons (Fsp3) is 0.333. The molecule has 0 fully saturated rings. The van der Waals surface area contributed by atoms with Gasteiger partial charge in [0.25, 0.3) is 0 Å². The summed E-state index contributed by atoms with van der Waals surface area (Å²) >= 11 is 0. The van der Waals surface area contributed by atoms with Crippen molar-refractivity contribution in [3.8, 4) is 0 Å². The van der Waals surface area contributed by atoms with Crippen LogP contribution in [0.4, 0.5) is 5.69 Å². The van der Waals surface area contributed by atoms with Gasteiger partial charge in [-0.1, -0.05) is 13.0 Å². The molecule has 0 amide bonds. The maximum absolute atomic E-state index is 11.6. The summed E-state index contributed by atoms with van der Waals surface area (Å²) in [6.07, 6.45) is 1.79. The normalized spacial score (nSPS) is 13.1. The second-order valence-electron chi connectivity index (χ2n) is 3.60. The first-order chi connectivity index (χ1) is 7.49. The summed E-state index contributed by atoms with van der Waals surface area (Å²) in [5.41, 5.74) is 0.891. The van der Waals surface area contributed by atoms with Crippen molar-refractivity contribution in [1.82, 2.24) is 0 Å². The van der Waals surface area contributed by atoms with E-state index in [9.17, 15) is 8.42 Å². The smallest absolute Gasteiger partial charge is 0.178 e. The average Bonchev–Trinajstić information content (AvgIpc) is 2.29. The first kappa shape index (κ1) is 12.8. The highest BCUT2D eigenvalue weighted by Gasteiger charge is 2.10. The predicted octanol–water partition coefficient (Wildman–Crippen LogP) is 2.47. The quantitative estimate of drug-likeness (QED) is 0.803.